The molecule has 2 nitrogen and oxygen atoms in total. The predicted molar refractivity (Wildman–Crippen MR) is 62.7 cm³/mol. The standard InChI is InChI=1S/C13H20N2/c1-10-12(5-6-13(10)14-2)8-11-4-3-7-15-9-11/h3-4,7,9-10,12-14H,5-6,8H2,1-2H3. The Kier molecular flexibility index (Phi) is 3.37. The van der Waals surface area contributed by atoms with Gasteiger partial charge in [-0.25, -0.2) is 0 Å². The Bertz CT molecular complexity index is 297. The third-order valence-electron chi connectivity index (χ3n) is 3.82. The Hall–Kier alpha value is -0.890. The lowest BCUT2D eigenvalue weighted by Crippen LogP contribution is -2.29. The van der Waals surface area contributed by atoms with Crippen molar-refractivity contribution in [2.75, 3.05) is 7.05 Å². The molecule has 0 aromatic carbocycles. The Balaban J connectivity index is 1.96. The fourth-order valence-electron chi connectivity index (χ4n) is 2.76. The van der Waals surface area contributed by atoms with Crippen molar-refractivity contribution in [1.29, 1.82) is 0 Å². The smallest absolute Gasteiger partial charge is 0.0299 e. The van der Waals surface area contributed by atoms with Gasteiger partial charge in [0, 0.05) is 18.4 Å². The minimum absolute atomic E-state index is 0.715. The summed E-state index contributed by atoms with van der Waals surface area (Å²) < 4.78 is 0. The number of aromatic nitrogens is 1. The predicted octanol–water partition coefficient (Wildman–Crippen LogP) is 2.26. The fourth-order valence-corrected chi connectivity index (χ4v) is 2.76. The van der Waals surface area contributed by atoms with Crippen molar-refractivity contribution in [2.45, 2.75) is 32.2 Å². The summed E-state index contributed by atoms with van der Waals surface area (Å²) in [5.74, 6) is 1.61. The maximum absolute atomic E-state index is 4.18. The second-order valence-corrected chi connectivity index (χ2v) is 4.66. The van der Waals surface area contributed by atoms with Gasteiger partial charge in [0.05, 0.1) is 0 Å². The first-order chi connectivity index (χ1) is 7.31. The molecule has 0 amide bonds. The molecule has 1 fully saturated rings. The zero-order valence-electron chi connectivity index (χ0n) is 9.61. The molecule has 0 bridgehead atoms. The lowest BCUT2D eigenvalue weighted by Gasteiger charge is -2.20. The van der Waals surface area contributed by atoms with Gasteiger partial charge in [-0.05, 0) is 49.8 Å². The molecular formula is C13H20N2. The first-order valence-corrected chi connectivity index (χ1v) is 5.87. The van der Waals surface area contributed by atoms with Crippen molar-refractivity contribution in [3.05, 3.63) is 30.1 Å². The van der Waals surface area contributed by atoms with E-state index in [2.05, 4.69) is 30.3 Å². The van der Waals surface area contributed by atoms with E-state index in [-0.39, 0.29) is 0 Å². The molecule has 1 saturated carbocycles. The van der Waals surface area contributed by atoms with Gasteiger partial charge in [0.25, 0.3) is 0 Å². The normalized spacial score (nSPS) is 30.7. The first kappa shape index (κ1) is 10.6. The van der Waals surface area contributed by atoms with Crippen molar-refractivity contribution >= 4 is 0 Å². The Morgan fingerprint density at radius 2 is 2.33 bits per heavy atom. The van der Waals surface area contributed by atoms with E-state index in [9.17, 15) is 0 Å². The van der Waals surface area contributed by atoms with Crippen LogP contribution in [0.4, 0.5) is 0 Å². The zero-order chi connectivity index (χ0) is 10.7. The molecule has 1 aliphatic rings. The highest BCUT2D eigenvalue weighted by atomic mass is 14.9. The summed E-state index contributed by atoms with van der Waals surface area (Å²) in [7, 11) is 2.08. The Morgan fingerprint density at radius 3 is 2.93 bits per heavy atom. The van der Waals surface area contributed by atoms with E-state index in [1.54, 1.807) is 0 Å². The largest absolute Gasteiger partial charge is 0.317 e. The van der Waals surface area contributed by atoms with Crippen molar-refractivity contribution < 1.29 is 0 Å². The van der Waals surface area contributed by atoms with Gasteiger partial charge in [-0.15, -0.1) is 0 Å². The van der Waals surface area contributed by atoms with Crippen LogP contribution in [0, 0.1) is 11.8 Å². The van der Waals surface area contributed by atoms with Crippen LogP contribution >= 0.6 is 0 Å². The average Bonchev–Trinajstić information content (AvgIpc) is 2.62. The van der Waals surface area contributed by atoms with Gasteiger partial charge >= 0.3 is 0 Å². The van der Waals surface area contributed by atoms with Crippen LogP contribution in [0.3, 0.4) is 0 Å². The van der Waals surface area contributed by atoms with E-state index in [1.165, 1.54) is 24.8 Å². The van der Waals surface area contributed by atoms with Crippen LogP contribution in [-0.2, 0) is 6.42 Å². The molecule has 82 valence electrons. The highest BCUT2D eigenvalue weighted by Crippen LogP contribution is 2.33. The molecule has 0 spiro atoms. The SMILES string of the molecule is CNC1CCC(Cc2cccnc2)C1C. The van der Waals surface area contributed by atoms with Gasteiger partial charge < -0.3 is 5.32 Å². The molecule has 1 N–H and O–H groups in total. The van der Waals surface area contributed by atoms with Crippen LogP contribution in [0.25, 0.3) is 0 Å². The van der Waals surface area contributed by atoms with Crippen molar-refractivity contribution in [1.82, 2.24) is 10.3 Å². The van der Waals surface area contributed by atoms with E-state index >= 15 is 0 Å². The van der Waals surface area contributed by atoms with Crippen molar-refractivity contribution in [3.63, 3.8) is 0 Å². The average molecular weight is 204 g/mol. The van der Waals surface area contributed by atoms with Gasteiger partial charge in [0.2, 0.25) is 0 Å². The van der Waals surface area contributed by atoms with Crippen molar-refractivity contribution in [2.24, 2.45) is 11.8 Å². The molecule has 1 aromatic rings. The molecule has 3 atom stereocenters. The molecular weight excluding hydrogens is 184 g/mol. The zero-order valence-corrected chi connectivity index (χ0v) is 9.61. The van der Waals surface area contributed by atoms with E-state index in [0.717, 1.165) is 11.8 Å². The maximum Gasteiger partial charge on any atom is 0.0299 e. The summed E-state index contributed by atoms with van der Waals surface area (Å²) >= 11 is 0. The summed E-state index contributed by atoms with van der Waals surface area (Å²) in [5, 5.41) is 3.41. The minimum Gasteiger partial charge on any atom is -0.317 e. The summed E-state index contributed by atoms with van der Waals surface area (Å²) in [4.78, 5) is 4.18. The van der Waals surface area contributed by atoms with Gasteiger partial charge in [-0.2, -0.15) is 0 Å². The van der Waals surface area contributed by atoms with Gasteiger partial charge in [-0.1, -0.05) is 13.0 Å². The third-order valence-corrected chi connectivity index (χ3v) is 3.82. The number of hydrogen-bond donors (Lipinski definition) is 1. The Labute approximate surface area is 92.1 Å². The van der Waals surface area contributed by atoms with E-state index in [0.29, 0.717) is 6.04 Å². The maximum atomic E-state index is 4.18. The molecule has 1 heterocycles. The van der Waals surface area contributed by atoms with Crippen LogP contribution in [0.15, 0.2) is 24.5 Å². The van der Waals surface area contributed by atoms with Gasteiger partial charge in [0.1, 0.15) is 0 Å². The van der Waals surface area contributed by atoms with Crippen LogP contribution in [0.2, 0.25) is 0 Å². The molecule has 0 saturated heterocycles. The highest BCUT2D eigenvalue weighted by molar-refractivity contribution is 5.10. The van der Waals surface area contributed by atoms with Crippen LogP contribution < -0.4 is 5.32 Å². The monoisotopic (exact) mass is 204 g/mol. The molecule has 0 radical (unpaired) electrons. The quantitative estimate of drug-likeness (QED) is 0.817. The van der Waals surface area contributed by atoms with Crippen molar-refractivity contribution in [3.8, 4) is 0 Å². The molecule has 1 aliphatic carbocycles. The minimum atomic E-state index is 0.715. The summed E-state index contributed by atoms with van der Waals surface area (Å²) in [6.07, 6.45) is 7.70. The van der Waals surface area contributed by atoms with Gasteiger partial charge in [-0.3, -0.25) is 4.98 Å². The number of nitrogens with zero attached hydrogens (tertiary/aromatic N) is 1. The first-order valence-electron chi connectivity index (χ1n) is 5.87. The molecule has 0 aliphatic heterocycles. The second-order valence-electron chi connectivity index (χ2n) is 4.66. The molecule has 2 heteroatoms. The molecule has 3 unspecified atom stereocenters. The molecule has 2 rings (SSSR count). The summed E-state index contributed by atoms with van der Waals surface area (Å²) in [5.41, 5.74) is 1.38. The van der Waals surface area contributed by atoms with E-state index < -0.39 is 0 Å². The van der Waals surface area contributed by atoms with Gasteiger partial charge in [0.15, 0.2) is 0 Å². The van der Waals surface area contributed by atoms with Crippen LogP contribution in [-0.4, -0.2) is 18.1 Å². The molecule has 15 heavy (non-hydrogen) atoms. The van der Waals surface area contributed by atoms with Crippen LogP contribution in [0.1, 0.15) is 25.3 Å². The number of nitrogens with one attached hydrogen (secondary N) is 1. The number of rotatable bonds is 3. The number of hydrogen-bond acceptors (Lipinski definition) is 2. The molecule has 1 aromatic heterocycles. The number of pyridine rings is 1. The summed E-state index contributed by atoms with van der Waals surface area (Å²) in [6, 6.07) is 4.93. The fraction of sp³-hybridized carbons (Fsp3) is 0.615. The van der Waals surface area contributed by atoms with Crippen LogP contribution in [0.5, 0.6) is 0 Å². The van der Waals surface area contributed by atoms with E-state index in [1.807, 2.05) is 18.5 Å². The lowest BCUT2D eigenvalue weighted by atomic mass is 9.90. The topological polar surface area (TPSA) is 24.9 Å². The lowest BCUT2D eigenvalue weighted by molar-refractivity contribution is 0.364. The van der Waals surface area contributed by atoms with E-state index in [4.69, 9.17) is 0 Å². The summed E-state index contributed by atoms with van der Waals surface area (Å²) in [6.45, 7) is 2.37. The highest BCUT2D eigenvalue weighted by Gasteiger charge is 2.31. The third kappa shape index (κ3) is 2.37. The Morgan fingerprint density at radius 1 is 1.47 bits per heavy atom. The second kappa shape index (κ2) is 4.75.